The van der Waals surface area contributed by atoms with Crippen LogP contribution in [0.2, 0.25) is 0 Å². The Morgan fingerprint density at radius 1 is 1.41 bits per heavy atom. The van der Waals surface area contributed by atoms with Gasteiger partial charge in [0.25, 0.3) is 0 Å². The van der Waals surface area contributed by atoms with E-state index in [1.165, 1.54) is 12.1 Å². The van der Waals surface area contributed by atoms with Gasteiger partial charge in [0.2, 0.25) is 0 Å². The Bertz CT molecular complexity index is 764. The van der Waals surface area contributed by atoms with Gasteiger partial charge in [0.1, 0.15) is 29.3 Å². The van der Waals surface area contributed by atoms with Crippen molar-refractivity contribution in [2.75, 3.05) is 13.6 Å². The predicted octanol–water partition coefficient (Wildman–Crippen LogP) is 2.29. The second-order valence-electron chi connectivity index (χ2n) is 6.47. The van der Waals surface area contributed by atoms with E-state index in [9.17, 15) is 4.39 Å². The van der Waals surface area contributed by atoms with Crippen LogP contribution in [0.5, 0.6) is 5.75 Å². The molecule has 148 valence electrons. The molecule has 2 atom stereocenters. The molecule has 2 N–H and O–H groups in total. The van der Waals surface area contributed by atoms with Crippen molar-refractivity contribution in [1.29, 1.82) is 0 Å². The molecule has 1 aromatic carbocycles. The summed E-state index contributed by atoms with van der Waals surface area (Å²) in [4.78, 5) is 8.71. The van der Waals surface area contributed by atoms with Crippen LogP contribution in [-0.2, 0) is 13.0 Å². The van der Waals surface area contributed by atoms with E-state index >= 15 is 0 Å². The van der Waals surface area contributed by atoms with Crippen LogP contribution in [0.1, 0.15) is 25.0 Å². The fourth-order valence-electron chi connectivity index (χ4n) is 2.97. The quantitative estimate of drug-likeness (QED) is 0.384. The first-order chi connectivity index (χ1) is 12.5. The molecule has 1 aromatic heterocycles. The molecule has 27 heavy (non-hydrogen) atoms. The van der Waals surface area contributed by atoms with Gasteiger partial charge in [-0.05, 0) is 44.5 Å². The molecule has 1 aliphatic heterocycles. The first-order valence-corrected chi connectivity index (χ1v) is 8.83. The lowest BCUT2D eigenvalue weighted by Crippen LogP contribution is -2.48. The maximum Gasteiger partial charge on any atom is 0.191 e. The lowest BCUT2D eigenvalue weighted by Gasteiger charge is -2.26. The highest BCUT2D eigenvalue weighted by Gasteiger charge is 2.21. The Morgan fingerprint density at radius 3 is 2.85 bits per heavy atom. The van der Waals surface area contributed by atoms with Crippen LogP contribution in [0.25, 0.3) is 0 Å². The van der Waals surface area contributed by atoms with Gasteiger partial charge < -0.3 is 15.4 Å². The summed E-state index contributed by atoms with van der Waals surface area (Å²) in [5, 5.41) is 11.1. The van der Waals surface area contributed by atoms with E-state index in [2.05, 4.69) is 25.7 Å². The Hall–Kier alpha value is -1.91. The van der Waals surface area contributed by atoms with Gasteiger partial charge in [-0.2, -0.15) is 5.10 Å². The van der Waals surface area contributed by atoms with Gasteiger partial charge in [-0.25, -0.2) is 14.1 Å². The van der Waals surface area contributed by atoms with Gasteiger partial charge in [0, 0.05) is 19.5 Å². The van der Waals surface area contributed by atoms with E-state index in [1.54, 1.807) is 19.2 Å². The largest absolute Gasteiger partial charge is 0.489 e. The van der Waals surface area contributed by atoms with Gasteiger partial charge in [-0.3, -0.25) is 4.99 Å². The lowest BCUT2D eigenvalue weighted by molar-refractivity contribution is 0.223. The fourth-order valence-corrected chi connectivity index (χ4v) is 2.97. The van der Waals surface area contributed by atoms with Crippen LogP contribution in [0.4, 0.5) is 4.39 Å². The summed E-state index contributed by atoms with van der Waals surface area (Å²) in [5.41, 5.74) is 0. The number of hydrogen-bond donors (Lipinski definition) is 2. The average Bonchev–Trinajstić information content (AvgIpc) is 2.99. The van der Waals surface area contributed by atoms with Crippen LogP contribution in [-0.4, -0.2) is 46.5 Å². The third-order valence-electron chi connectivity index (χ3n) is 4.24. The van der Waals surface area contributed by atoms with Crippen LogP contribution >= 0.6 is 24.0 Å². The second-order valence-corrected chi connectivity index (χ2v) is 6.47. The minimum absolute atomic E-state index is 0. The first-order valence-electron chi connectivity index (χ1n) is 8.83. The van der Waals surface area contributed by atoms with Gasteiger partial charge in [0.05, 0.1) is 13.1 Å². The Kier molecular flexibility index (Phi) is 7.81. The van der Waals surface area contributed by atoms with E-state index in [0.717, 1.165) is 37.0 Å². The van der Waals surface area contributed by atoms with Gasteiger partial charge in [-0.1, -0.05) is 0 Å². The summed E-state index contributed by atoms with van der Waals surface area (Å²) in [7, 11) is 1.74. The summed E-state index contributed by atoms with van der Waals surface area (Å²) in [6, 6.07) is 6.28. The topological polar surface area (TPSA) is 76.4 Å². The van der Waals surface area contributed by atoms with Crippen molar-refractivity contribution in [3.05, 3.63) is 41.7 Å². The maximum atomic E-state index is 12.9. The highest BCUT2D eigenvalue weighted by Crippen LogP contribution is 2.14. The first kappa shape index (κ1) is 21.4. The minimum atomic E-state index is -0.272. The van der Waals surface area contributed by atoms with Gasteiger partial charge in [-0.15, -0.1) is 24.0 Å². The molecule has 0 fully saturated rings. The number of guanidine groups is 1. The molecule has 0 spiro atoms. The smallest absolute Gasteiger partial charge is 0.191 e. The molecule has 9 heteroatoms. The number of aliphatic imine (C=N–C) groups is 1. The third-order valence-corrected chi connectivity index (χ3v) is 4.24. The summed E-state index contributed by atoms with van der Waals surface area (Å²) in [6.45, 7) is 5.22. The summed E-state index contributed by atoms with van der Waals surface area (Å²) in [5.74, 6) is 2.96. The molecule has 1 aliphatic rings. The molecule has 2 heterocycles. The molecule has 7 nitrogen and oxygen atoms in total. The molecule has 0 bridgehead atoms. The van der Waals surface area contributed by atoms with Gasteiger partial charge >= 0.3 is 0 Å². The number of ether oxygens (including phenoxy) is 1. The molecule has 3 rings (SSSR count). The Balaban J connectivity index is 0.00000261. The van der Waals surface area contributed by atoms with Crippen LogP contribution in [0.15, 0.2) is 29.3 Å². The molecule has 0 saturated heterocycles. The van der Waals surface area contributed by atoms with Crippen molar-refractivity contribution in [2.45, 2.75) is 45.4 Å². The number of aromatic nitrogens is 3. The monoisotopic (exact) mass is 488 g/mol. The van der Waals surface area contributed by atoms with Crippen molar-refractivity contribution in [3.8, 4) is 5.75 Å². The standard InChI is InChI=1S/C18H25FN6O.HI/c1-12(26-16-7-4-14(19)5-8-16)10-21-18(20-3)23-15-6-9-17-22-13(2)24-25(17)11-15;/h4-5,7-8,12,15H,6,9-11H2,1-3H3,(H2,20,21,23);1H. The maximum absolute atomic E-state index is 12.9. The third kappa shape index (κ3) is 6.05. The van der Waals surface area contributed by atoms with E-state index in [0.29, 0.717) is 12.3 Å². The van der Waals surface area contributed by atoms with Crippen LogP contribution < -0.4 is 15.4 Å². The minimum Gasteiger partial charge on any atom is -0.489 e. The van der Waals surface area contributed by atoms with E-state index < -0.39 is 0 Å². The number of rotatable bonds is 5. The van der Waals surface area contributed by atoms with Crippen molar-refractivity contribution in [1.82, 2.24) is 25.4 Å². The van der Waals surface area contributed by atoms with Crippen LogP contribution in [0.3, 0.4) is 0 Å². The number of aryl methyl sites for hydroxylation is 2. The molecule has 0 radical (unpaired) electrons. The average molecular weight is 488 g/mol. The highest BCUT2D eigenvalue weighted by molar-refractivity contribution is 14.0. The van der Waals surface area contributed by atoms with Crippen molar-refractivity contribution < 1.29 is 9.13 Å². The summed E-state index contributed by atoms with van der Waals surface area (Å²) >= 11 is 0. The van der Waals surface area contributed by atoms with Crippen molar-refractivity contribution in [2.24, 2.45) is 4.99 Å². The molecule has 0 amide bonds. The summed E-state index contributed by atoms with van der Waals surface area (Å²) in [6.07, 6.45) is 1.80. The fraction of sp³-hybridized carbons (Fsp3) is 0.500. The number of nitrogens with one attached hydrogen (secondary N) is 2. The number of nitrogens with zero attached hydrogens (tertiary/aromatic N) is 4. The lowest BCUT2D eigenvalue weighted by atomic mass is 10.1. The summed E-state index contributed by atoms with van der Waals surface area (Å²) < 4.78 is 20.7. The second kappa shape index (κ2) is 9.86. The predicted molar refractivity (Wildman–Crippen MR) is 113 cm³/mol. The van der Waals surface area contributed by atoms with Gasteiger partial charge in [0.15, 0.2) is 5.96 Å². The SMILES string of the molecule is CN=C(NCC(C)Oc1ccc(F)cc1)NC1CCc2nc(C)nn2C1.I. The number of hydrogen-bond acceptors (Lipinski definition) is 4. The zero-order chi connectivity index (χ0) is 18.5. The Morgan fingerprint density at radius 2 is 2.15 bits per heavy atom. The molecular formula is C18H26FIN6O. The number of benzene rings is 1. The molecule has 2 unspecified atom stereocenters. The van der Waals surface area contributed by atoms with E-state index in [4.69, 9.17) is 4.74 Å². The van der Waals surface area contributed by atoms with Crippen LogP contribution in [0, 0.1) is 12.7 Å². The normalized spacial score (nSPS) is 17.5. The number of halogens is 2. The zero-order valence-electron chi connectivity index (χ0n) is 15.8. The van der Waals surface area contributed by atoms with Crippen molar-refractivity contribution >= 4 is 29.9 Å². The van der Waals surface area contributed by atoms with Crippen molar-refractivity contribution in [3.63, 3.8) is 0 Å². The highest BCUT2D eigenvalue weighted by atomic mass is 127. The number of fused-ring (bicyclic) bond motifs is 1. The Labute approximate surface area is 175 Å². The zero-order valence-corrected chi connectivity index (χ0v) is 18.1. The molecule has 2 aromatic rings. The molecular weight excluding hydrogens is 462 g/mol. The van der Waals surface area contributed by atoms with E-state index in [-0.39, 0.29) is 41.9 Å². The molecule has 0 aliphatic carbocycles. The molecule has 0 saturated carbocycles. The van der Waals surface area contributed by atoms with E-state index in [1.807, 2.05) is 18.5 Å².